The fraction of sp³-hybridized carbons (Fsp3) is 0.235. The molecule has 0 saturated carbocycles. The fourth-order valence-corrected chi connectivity index (χ4v) is 4.58. The average molecular weight is 454 g/mol. The van der Waals surface area contributed by atoms with Gasteiger partial charge >= 0.3 is 5.97 Å². The van der Waals surface area contributed by atoms with Crippen LogP contribution in [-0.4, -0.2) is 38.1 Å². The van der Waals surface area contributed by atoms with E-state index >= 15 is 0 Å². The molecule has 0 radical (unpaired) electrons. The molecule has 0 saturated heterocycles. The number of anilines is 1. The number of thiophene rings is 1. The Balaban J connectivity index is 1.84. The van der Waals surface area contributed by atoms with Crippen molar-refractivity contribution in [2.75, 3.05) is 26.1 Å². The summed E-state index contributed by atoms with van der Waals surface area (Å²) in [5.74, 6) is -0.850. The Kier molecular flexibility index (Phi) is 5.59. The summed E-state index contributed by atoms with van der Waals surface area (Å²) < 4.78 is 6.67. The maximum atomic E-state index is 12.7. The number of carbonyl (C=O) groups excluding carboxylic acids is 2. The van der Waals surface area contributed by atoms with Crippen LogP contribution in [0.2, 0.25) is 0 Å². The normalized spacial score (nSPS) is 12.0. The van der Waals surface area contributed by atoms with E-state index in [0.717, 1.165) is 19.1 Å². The number of carbonyl (C=O) groups is 2. The maximum absolute atomic E-state index is 12.7. The molecular formula is C17H16BrN3O3S2. The zero-order valence-electron chi connectivity index (χ0n) is 14.3. The van der Waals surface area contributed by atoms with E-state index in [1.54, 1.807) is 18.2 Å². The van der Waals surface area contributed by atoms with Crippen molar-refractivity contribution >= 4 is 65.1 Å². The van der Waals surface area contributed by atoms with Crippen LogP contribution in [0.3, 0.4) is 0 Å². The van der Waals surface area contributed by atoms with Crippen LogP contribution in [0.5, 0.6) is 0 Å². The number of esters is 1. The fourth-order valence-electron chi connectivity index (χ4n) is 2.28. The van der Waals surface area contributed by atoms with E-state index in [-0.39, 0.29) is 5.91 Å². The molecule has 6 nitrogen and oxygen atoms in total. The molecule has 9 heteroatoms. The van der Waals surface area contributed by atoms with Crippen LogP contribution in [0.1, 0.15) is 21.3 Å². The summed E-state index contributed by atoms with van der Waals surface area (Å²) in [5.41, 5.74) is 0.653. The quantitative estimate of drug-likeness (QED) is 0.594. The minimum atomic E-state index is -0.869. The number of rotatable bonds is 5. The molecule has 1 amide bonds. The summed E-state index contributed by atoms with van der Waals surface area (Å²) in [6.07, 6.45) is 0. The maximum Gasteiger partial charge on any atom is 0.333 e. The van der Waals surface area contributed by atoms with Crippen molar-refractivity contribution in [1.29, 1.82) is 0 Å². The summed E-state index contributed by atoms with van der Waals surface area (Å²) >= 11 is 6.18. The highest BCUT2D eigenvalue weighted by atomic mass is 79.9. The topological polar surface area (TPSA) is 71.5 Å². The van der Waals surface area contributed by atoms with Gasteiger partial charge in [-0.05, 0) is 23.8 Å². The molecule has 1 atom stereocenters. The van der Waals surface area contributed by atoms with Gasteiger partial charge in [0.2, 0.25) is 0 Å². The molecule has 2 aromatic heterocycles. The van der Waals surface area contributed by atoms with Gasteiger partial charge in [-0.2, -0.15) is 0 Å². The van der Waals surface area contributed by atoms with Gasteiger partial charge in [0.15, 0.2) is 11.2 Å². The summed E-state index contributed by atoms with van der Waals surface area (Å²) in [6.45, 7) is 0. The monoisotopic (exact) mass is 453 g/mol. The number of nitrogens with one attached hydrogen (secondary N) is 1. The third-order valence-electron chi connectivity index (χ3n) is 3.60. The second kappa shape index (κ2) is 7.73. The minimum Gasteiger partial charge on any atom is -0.467 e. The smallest absolute Gasteiger partial charge is 0.333 e. The predicted octanol–water partition coefficient (Wildman–Crippen LogP) is 3.83. The SMILES string of the molecule is COC(=O)C(NC(=O)c1cc2sc(N(C)C)nc2s1)c1ccc(Br)cc1. The number of methoxy groups -OCH3 is 1. The van der Waals surface area contributed by atoms with Gasteiger partial charge in [0.25, 0.3) is 5.91 Å². The first-order chi connectivity index (χ1) is 12.4. The van der Waals surface area contributed by atoms with E-state index in [4.69, 9.17) is 4.74 Å². The predicted molar refractivity (Wildman–Crippen MR) is 108 cm³/mol. The molecular weight excluding hydrogens is 438 g/mol. The number of hydrogen-bond donors (Lipinski definition) is 1. The molecule has 2 heterocycles. The van der Waals surface area contributed by atoms with Crippen molar-refractivity contribution in [3.05, 3.63) is 45.2 Å². The Bertz CT molecular complexity index is 918. The molecule has 3 rings (SSSR count). The highest BCUT2D eigenvalue weighted by Gasteiger charge is 2.25. The number of benzene rings is 1. The first kappa shape index (κ1) is 18.8. The second-order valence-corrected chi connectivity index (χ2v) is 8.61. The molecule has 0 spiro atoms. The van der Waals surface area contributed by atoms with E-state index in [0.29, 0.717) is 10.4 Å². The lowest BCUT2D eigenvalue weighted by atomic mass is 10.1. The van der Waals surface area contributed by atoms with Crippen LogP contribution in [0.25, 0.3) is 9.53 Å². The van der Waals surface area contributed by atoms with Crippen molar-refractivity contribution in [2.24, 2.45) is 0 Å². The summed E-state index contributed by atoms with van der Waals surface area (Å²) in [5, 5.41) is 3.65. The Labute approximate surface area is 166 Å². The van der Waals surface area contributed by atoms with Crippen LogP contribution >= 0.6 is 38.6 Å². The number of nitrogens with zero attached hydrogens (tertiary/aromatic N) is 2. The number of ether oxygens (including phenoxy) is 1. The van der Waals surface area contributed by atoms with E-state index < -0.39 is 12.0 Å². The van der Waals surface area contributed by atoms with Crippen LogP contribution in [0.4, 0.5) is 5.13 Å². The first-order valence-electron chi connectivity index (χ1n) is 7.61. The molecule has 0 aliphatic heterocycles. The lowest BCUT2D eigenvalue weighted by Crippen LogP contribution is -2.34. The van der Waals surface area contributed by atoms with Gasteiger partial charge in [-0.15, -0.1) is 11.3 Å². The van der Waals surface area contributed by atoms with Crippen molar-refractivity contribution in [1.82, 2.24) is 10.3 Å². The molecule has 136 valence electrons. The third-order valence-corrected chi connectivity index (χ3v) is 6.46. The van der Waals surface area contributed by atoms with Gasteiger partial charge in [0.1, 0.15) is 4.83 Å². The zero-order chi connectivity index (χ0) is 18.8. The van der Waals surface area contributed by atoms with Gasteiger partial charge in [0, 0.05) is 18.6 Å². The van der Waals surface area contributed by atoms with E-state index in [1.165, 1.54) is 29.8 Å². The molecule has 26 heavy (non-hydrogen) atoms. The zero-order valence-corrected chi connectivity index (χ0v) is 17.5. The summed E-state index contributed by atoms with van der Waals surface area (Å²) in [4.78, 5) is 32.5. The van der Waals surface area contributed by atoms with Crippen LogP contribution in [0.15, 0.2) is 34.8 Å². The Morgan fingerprint density at radius 3 is 2.50 bits per heavy atom. The van der Waals surface area contributed by atoms with Crippen molar-refractivity contribution < 1.29 is 14.3 Å². The van der Waals surface area contributed by atoms with E-state index in [2.05, 4.69) is 26.2 Å². The van der Waals surface area contributed by atoms with Gasteiger partial charge in [0.05, 0.1) is 16.7 Å². The second-order valence-electron chi connectivity index (χ2n) is 5.65. The Morgan fingerprint density at radius 1 is 1.23 bits per heavy atom. The van der Waals surface area contributed by atoms with Crippen LogP contribution < -0.4 is 10.2 Å². The standard InChI is InChI=1S/C17H16BrN3O3S2/c1-21(2)17-20-15-12(26-17)8-11(25-15)14(22)19-13(16(23)24-3)9-4-6-10(18)7-5-9/h4-8,13H,1-3H3,(H,19,22). The number of amides is 1. The number of fused-ring (bicyclic) bond motifs is 1. The first-order valence-corrected chi connectivity index (χ1v) is 10.0. The molecule has 1 N–H and O–H groups in total. The Morgan fingerprint density at radius 2 is 1.92 bits per heavy atom. The van der Waals surface area contributed by atoms with Gasteiger partial charge < -0.3 is 15.0 Å². The molecule has 1 unspecified atom stereocenters. The largest absolute Gasteiger partial charge is 0.467 e. The van der Waals surface area contributed by atoms with Gasteiger partial charge in [-0.3, -0.25) is 4.79 Å². The van der Waals surface area contributed by atoms with Gasteiger partial charge in [-0.1, -0.05) is 39.4 Å². The average Bonchev–Trinajstić information content (AvgIpc) is 3.19. The Hall–Kier alpha value is -1.97. The summed E-state index contributed by atoms with van der Waals surface area (Å²) in [7, 11) is 5.15. The van der Waals surface area contributed by atoms with Crippen molar-refractivity contribution in [3.8, 4) is 0 Å². The lowest BCUT2D eigenvalue weighted by molar-refractivity contribution is -0.143. The molecule has 1 aromatic carbocycles. The van der Waals surface area contributed by atoms with Crippen LogP contribution in [0, 0.1) is 0 Å². The molecule has 0 aliphatic rings. The summed E-state index contributed by atoms with van der Waals surface area (Å²) in [6, 6.07) is 8.09. The molecule has 0 aliphatic carbocycles. The molecule has 0 fully saturated rings. The highest BCUT2D eigenvalue weighted by molar-refractivity contribution is 9.10. The van der Waals surface area contributed by atoms with Gasteiger partial charge in [-0.25, -0.2) is 9.78 Å². The number of halogens is 1. The van der Waals surface area contributed by atoms with Crippen LogP contribution in [-0.2, 0) is 9.53 Å². The number of thiazole rings is 1. The number of aromatic nitrogens is 1. The van der Waals surface area contributed by atoms with E-state index in [9.17, 15) is 9.59 Å². The molecule has 3 aromatic rings. The lowest BCUT2D eigenvalue weighted by Gasteiger charge is -2.16. The highest BCUT2D eigenvalue weighted by Crippen LogP contribution is 2.34. The molecule has 0 bridgehead atoms. The van der Waals surface area contributed by atoms with E-state index in [1.807, 2.05) is 31.1 Å². The van der Waals surface area contributed by atoms with Crippen molar-refractivity contribution in [3.63, 3.8) is 0 Å². The number of hydrogen-bond acceptors (Lipinski definition) is 7. The van der Waals surface area contributed by atoms with Crippen molar-refractivity contribution in [2.45, 2.75) is 6.04 Å². The minimum absolute atomic E-state index is 0.329. The third kappa shape index (κ3) is 3.89.